The lowest BCUT2D eigenvalue weighted by molar-refractivity contribution is 0.0725. The molecule has 1 aromatic heterocycles. The van der Waals surface area contributed by atoms with Crippen LogP contribution in [0.1, 0.15) is 38.7 Å². The van der Waals surface area contributed by atoms with Gasteiger partial charge in [-0.25, -0.2) is 4.98 Å². The molecule has 1 unspecified atom stereocenters. The van der Waals surface area contributed by atoms with Crippen molar-refractivity contribution in [3.8, 4) is 0 Å². The van der Waals surface area contributed by atoms with Crippen molar-refractivity contribution in [2.45, 2.75) is 45.8 Å². The Hall–Kier alpha value is -1.13. The molecular formula is C16H27N3O. The van der Waals surface area contributed by atoms with Gasteiger partial charge in [-0.3, -0.25) is 4.90 Å². The first kappa shape index (κ1) is 15.3. The third-order valence-corrected chi connectivity index (χ3v) is 3.76. The largest absolute Gasteiger partial charge is 0.377 e. The number of hydrogen-bond acceptors (Lipinski definition) is 4. The van der Waals surface area contributed by atoms with Crippen LogP contribution in [0.2, 0.25) is 0 Å². The van der Waals surface area contributed by atoms with E-state index in [-0.39, 0.29) is 0 Å². The van der Waals surface area contributed by atoms with Crippen LogP contribution in [0.4, 0.5) is 5.82 Å². The van der Waals surface area contributed by atoms with Gasteiger partial charge >= 0.3 is 0 Å². The molecule has 2 rings (SSSR count). The first-order valence-corrected chi connectivity index (χ1v) is 7.85. The van der Waals surface area contributed by atoms with Crippen molar-refractivity contribution < 1.29 is 4.74 Å². The third kappa shape index (κ3) is 4.46. The van der Waals surface area contributed by atoms with Crippen LogP contribution in [-0.4, -0.2) is 42.2 Å². The molecule has 1 aliphatic rings. The number of pyridine rings is 1. The second-order valence-corrected chi connectivity index (χ2v) is 5.40. The topological polar surface area (TPSA) is 37.4 Å². The summed E-state index contributed by atoms with van der Waals surface area (Å²) in [4.78, 5) is 6.91. The molecule has 1 N–H and O–H groups in total. The Morgan fingerprint density at radius 1 is 1.45 bits per heavy atom. The maximum absolute atomic E-state index is 5.75. The van der Waals surface area contributed by atoms with Gasteiger partial charge in [-0.15, -0.1) is 0 Å². The summed E-state index contributed by atoms with van der Waals surface area (Å²) in [6.45, 7) is 9.30. The summed E-state index contributed by atoms with van der Waals surface area (Å²) in [6, 6.07) is 4.19. The van der Waals surface area contributed by atoms with Gasteiger partial charge in [0.25, 0.3) is 0 Å². The smallest absolute Gasteiger partial charge is 0.130 e. The number of likely N-dealkylation sites (N-methyl/N-ethyl adjacent to an activating group) is 1. The van der Waals surface area contributed by atoms with Crippen molar-refractivity contribution in [3.63, 3.8) is 0 Å². The fraction of sp³-hybridized carbons (Fsp3) is 0.688. The van der Waals surface area contributed by atoms with Gasteiger partial charge in [-0.1, -0.05) is 19.9 Å². The number of ether oxygens (including phenoxy) is 1. The Balaban J connectivity index is 1.95. The van der Waals surface area contributed by atoms with Gasteiger partial charge in [0.1, 0.15) is 5.82 Å². The third-order valence-electron chi connectivity index (χ3n) is 3.76. The summed E-state index contributed by atoms with van der Waals surface area (Å²) in [5.74, 6) is 1.03. The SMILES string of the molecule is CCCNc1ncccc1CN(CC)CC1CCCO1. The summed E-state index contributed by atoms with van der Waals surface area (Å²) < 4.78 is 5.75. The van der Waals surface area contributed by atoms with Gasteiger partial charge in [0.2, 0.25) is 0 Å². The van der Waals surface area contributed by atoms with E-state index in [9.17, 15) is 0 Å². The molecule has 0 bridgehead atoms. The molecule has 112 valence electrons. The zero-order valence-electron chi connectivity index (χ0n) is 12.8. The van der Waals surface area contributed by atoms with E-state index < -0.39 is 0 Å². The summed E-state index contributed by atoms with van der Waals surface area (Å²) in [5.41, 5.74) is 1.28. The molecule has 0 radical (unpaired) electrons. The Labute approximate surface area is 122 Å². The Morgan fingerprint density at radius 3 is 3.05 bits per heavy atom. The van der Waals surface area contributed by atoms with E-state index in [2.05, 4.69) is 35.1 Å². The van der Waals surface area contributed by atoms with Crippen molar-refractivity contribution in [2.24, 2.45) is 0 Å². The number of nitrogens with zero attached hydrogens (tertiary/aromatic N) is 2. The molecule has 0 amide bonds. The van der Waals surface area contributed by atoms with Crippen LogP contribution in [0.15, 0.2) is 18.3 Å². The Morgan fingerprint density at radius 2 is 2.35 bits per heavy atom. The van der Waals surface area contributed by atoms with Crippen LogP contribution >= 0.6 is 0 Å². The molecule has 0 saturated carbocycles. The maximum atomic E-state index is 5.75. The normalized spacial score (nSPS) is 18.6. The van der Waals surface area contributed by atoms with E-state index in [4.69, 9.17) is 4.74 Å². The van der Waals surface area contributed by atoms with Crippen LogP contribution < -0.4 is 5.32 Å². The minimum atomic E-state index is 0.415. The first-order valence-electron chi connectivity index (χ1n) is 7.85. The number of rotatable bonds is 8. The van der Waals surface area contributed by atoms with E-state index >= 15 is 0 Å². The molecule has 0 aliphatic carbocycles. The maximum Gasteiger partial charge on any atom is 0.130 e. The molecule has 1 atom stereocenters. The van der Waals surface area contributed by atoms with Crippen molar-refractivity contribution >= 4 is 5.82 Å². The van der Waals surface area contributed by atoms with Crippen LogP contribution in [0.25, 0.3) is 0 Å². The average Bonchev–Trinajstić information content (AvgIpc) is 2.98. The van der Waals surface area contributed by atoms with Crippen LogP contribution in [0.3, 0.4) is 0 Å². The fourth-order valence-electron chi connectivity index (χ4n) is 2.59. The second kappa shape index (κ2) is 8.22. The van der Waals surface area contributed by atoms with Crippen molar-refractivity contribution in [2.75, 3.05) is 31.6 Å². The summed E-state index contributed by atoms with van der Waals surface area (Å²) in [7, 11) is 0. The summed E-state index contributed by atoms with van der Waals surface area (Å²) in [5, 5.41) is 3.42. The standard InChI is InChI=1S/C16H27N3O/c1-3-9-17-16-14(7-5-10-18-16)12-19(4-2)13-15-8-6-11-20-15/h5,7,10,15H,3-4,6,8-9,11-13H2,1-2H3,(H,17,18). The van der Waals surface area contributed by atoms with Gasteiger partial charge in [-0.2, -0.15) is 0 Å². The predicted octanol–water partition coefficient (Wildman–Crippen LogP) is 2.90. The predicted molar refractivity (Wildman–Crippen MR) is 82.9 cm³/mol. The molecule has 4 heteroatoms. The van der Waals surface area contributed by atoms with Crippen LogP contribution in [-0.2, 0) is 11.3 Å². The number of anilines is 1. The van der Waals surface area contributed by atoms with Gasteiger partial charge in [0.15, 0.2) is 0 Å². The number of hydrogen-bond donors (Lipinski definition) is 1. The molecule has 20 heavy (non-hydrogen) atoms. The zero-order valence-corrected chi connectivity index (χ0v) is 12.8. The quantitative estimate of drug-likeness (QED) is 0.793. The fourth-order valence-corrected chi connectivity index (χ4v) is 2.59. The Kier molecular flexibility index (Phi) is 6.27. The monoisotopic (exact) mass is 277 g/mol. The molecule has 1 aromatic rings. The van der Waals surface area contributed by atoms with Crippen LogP contribution in [0, 0.1) is 0 Å². The molecule has 1 fully saturated rings. The van der Waals surface area contributed by atoms with E-state index in [0.717, 1.165) is 45.0 Å². The average molecular weight is 277 g/mol. The van der Waals surface area contributed by atoms with Crippen molar-refractivity contribution in [3.05, 3.63) is 23.9 Å². The van der Waals surface area contributed by atoms with E-state index in [1.165, 1.54) is 18.4 Å². The molecule has 4 nitrogen and oxygen atoms in total. The summed E-state index contributed by atoms with van der Waals surface area (Å²) in [6.07, 6.45) is 5.79. The molecular weight excluding hydrogens is 250 g/mol. The molecule has 2 heterocycles. The van der Waals surface area contributed by atoms with E-state index in [0.29, 0.717) is 6.10 Å². The van der Waals surface area contributed by atoms with E-state index in [1.54, 1.807) is 0 Å². The highest BCUT2D eigenvalue weighted by molar-refractivity contribution is 5.43. The molecule has 1 saturated heterocycles. The minimum Gasteiger partial charge on any atom is -0.377 e. The minimum absolute atomic E-state index is 0.415. The zero-order chi connectivity index (χ0) is 14.2. The molecule has 1 aliphatic heterocycles. The lowest BCUT2D eigenvalue weighted by Crippen LogP contribution is -2.32. The van der Waals surface area contributed by atoms with Gasteiger partial charge in [0, 0.05) is 38.0 Å². The van der Waals surface area contributed by atoms with Crippen LogP contribution in [0.5, 0.6) is 0 Å². The highest BCUT2D eigenvalue weighted by Gasteiger charge is 2.19. The lowest BCUT2D eigenvalue weighted by Gasteiger charge is -2.24. The molecule has 0 spiro atoms. The van der Waals surface area contributed by atoms with Gasteiger partial charge < -0.3 is 10.1 Å². The highest BCUT2D eigenvalue weighted by Crippen LogP contribution is 2.17. The molecule has 0 aromatic carbocycles. The number of aromatic nitrogens is 1. The van der Waals surface area contributed by atoms with Gasteiger partial charge in [0.05, 0.1) is 6.10 Å². The summed E-state index contributed by atoms with van der Waals surface area (Å²) >= 11 is 0. The van der Waals surface area contributed by atoms with Gasteiger partial charge in [-0.05, 0) is 31.9 Å². The van der Waals surface area contributed by atoms with Crippen molar-refractivity contribution in [1.29, 1.82) is 0 Å². The van der Waals surface area contributed by atoms with Crippen molar-refractivity contribution in [1.82, 2.24) is 9.88 Å². The number of nitrogens with one attached hydrogen (secondary N) is 1. The second-order valence-electron chi connectivity index (χ2n) is 5.40. The highest BCUT2D eigenvalue weighted by atomic mass is 16.5. The first-order chi connectivity index (χ1) is 9.83. The lowest BCUT2D eigenvalue weighted by atomic mass is 10.2. The van der Waals surface area contributed by atoms with E-state index in [1.807, 2.05) is 12.3 Å². The Bertz CT molecular complexity index is 391.